The highest BCUT2D eigenvalue weighted by Gasteiger charge is 2.09. The van der Waals surface area contributed by atoms with E-state index < -0.39 is 11.9 Å². The van der Waals surface area contributed by atoms with Gasteiger partial charge in [-0.3, -0.25) is 10.2 Å². The van der Waals surface area contributed by atoms with Gasteiger partial charge >= 0.3 is 0 Å². The van der Waals surface area contributed by atoms with Crippen LogP contribution < -0.4 is 16.0 Å². The lowest BCUT2D eigenvalue weighted by atomic mass is 10.3. The smallest absolute Gasteiger partial charge is 0.254 e. The number of amides is 1. The first-order valence-corrected chi connectivity index (χ1v) is 2.72. The van der Waals surface area contributed by atoms with Crippen molar-refractivity contribution in [2.24, 2.45) is 5.73 Å². The van der Waals surface area contributed by atoms with Crippen molar-refractivity contribution < 1.29 is 9.90 Å². The van der Waals surface area contributed by atoms with E-state index in [0.717, 1.165) is 0 Å². The van der Waals surface area contributed by atoms with Gasteiger partial charge in [-0.25, -0.2) is 0 Å². The van der Waals surface area contributed by atoms with E-state index in [2.05, 4.69) is 23.1 Å². The second-order valence-corrected chi connectivity index (χ2v) is 1.61. The normalized spacial score (nSPS) is 12.8. The molecule has 0 heterocycles. The number of carbonyl (C=O) groups is 1. The van der Waals surface area contributed by atoms with Crippen molar-refractivity contribution in [3.05, 3.63) is 0 Å². The molecule has 1 unspecified atom stereocenters. The first kappa shape index (κ1) is 8.70. The molecule has 0 aromatic rings. The van der Waals surface area contributed by atoms with Crippen molar-refractivity contribution in [2.75, 3.05) is 6.61 Å². The summed E-state index contributed by atoms with van der Waals surface area (Å²) < 4.78 is 0. The Morgan fingerprint density at radius 3 is 2.78 bits per heavy atom. The molecular formula is C3H9N3O2S. The maximum absolute atomic E-state index is 10.5. The van der Waals surface area contributed by atoms with Crippen LogP contribution in [0.1, 0.15) is 0 Å². The molecule has 0 aliphatic heterocycles. The van der Waals surface area contributed by atoms with Crippen molar-refractivity contribution in [1.82, 2.24) is 10.3 Å². The van der Waals surface area contributed by atoms with Gasteiger partial charge in [0.15, 0.2) is 0 Å². The van der Waals surface area contributed by atoms with Gasteiger partial charge in [-0.05, 0) is 0 Å². The molecule has 0 radical (unpaired) electrons. The number of aliphatic hydroxyl groups excluding tert-OH is 1. The molecule has 0 saturated heterocycles. The largest absolute Gasteiger partial charge is 0.394 e. The van der Waals surface area contributed by atoms with Crippen LogP contribution in [0, 0.1) is 0 Å². The molecule has 0 saturated carbocycles. The van der Waals surface area contributed by atoms with Gasteiger partial charge in [0.05, 0.1) is 6.61 Å². The predicted octanol–water partition coefficient (Wildman–Crippen LogP) is -2.23. The molecular weight excluding hydrogens is 142 g/mol. The molecule has 5 N–H and O–H groups in total. The van der Waals surface area contributed by atoms with Gasteiger partial charge in [0.25, 0.3) is 5.91 Å². The van der Waals surface area contributed by atoms with E-state index in [1.165, 1.54) is 0 Å². The third kappa shape index (κ3) is 3.31. The lowest BCUT2D eigenvalue weighted by Gasteiger charge is -2.05. The maximum Gasteiger partial charge on any atom is 0.254 e. The topological polar surface area (TPSA) is 87.4 Å². The minimum atomic E-state index is -0.885. The van der Waals surface area contributed by atoms with Crippen LogP contribution in [0.25, 0.3) is 0 Å². The van der Waals surface area contributed by atoms with Gasteiger partial charge in [-0.2, -0.15) is 4.83 Å². The zero-order chi connectivity index (χ0) is 7.28. The highest BCUT2D eigenvalue weighted by atomic mass is 32.1. The summed E-state index contributed by atoms with van der Waals surface area (Å²) in [5, 5.41) is 8.29. The molecule has 0 aliphatic rings. The Morgan fingerprint density at radius 2 is 2.44 bits per heavy atom. The van der Waals surface area contributed by atoms with Crippen molar-refractivity contribution >= 4 is 18.7 Å². The number of rotatable bonds is 3. The van der Waals surface area contributed by atoms with Crippen LogP contribution in [0.3, 0.4) is 0 Å². The summed E-state index contributed by atoms with van der Waals surface area (Å²) in [6, 6.07) is -0.885. The Hall–Kier alpha value is -0.300. The molecule has 1 amide bonds. The molecule has 54 valence electrons. The van der Waals surface area contributed by atoms with Crippen molar-refractivity contribution in [2.45, 2.75) is 6.04 Å². The van der Waals surface area contributed by atoms with E-state index in [1.54, 1.807) is 0 Å². The number of carbonyl (C=O) groups excluding carboxylic acids is 1. The molecule has 0 aromatic carbocycles. The third-order valence-electron chi connectivity index (χ3n) is 0.713. The Labute approximate surface area is 58.1 Å². The monoisotopic (exact) mass is 151 g/mol. The predicted molar refractivity (Wildman–Crippen MR) is 35.3 cm³/mol. The second-order valence-electron chi connectivity index (χ2n) is 1.39. The number of nitrogens with two attached hydrogens (primary N) is 1. The lowest BCUT2D eigenvalue weighted by molar-refractivity contribution is -0.123. The van der Waals surface area contributed by atoms with E-state index in [0.29, 0.717) is 0 Å². The van der Waals surface area contributed by atoms with Crippen LogP contribution in [-0.2, 0) is 4.79 Å². The fraction of sp³-hybridized carbons (Fsp3) is 0.667. The highest BCUT2D eigenvalue weighted by molar-refractivity contribution is 7.78. The molecule has 0 aromatic heterocycles. The molecule has 5 nitrogen and oxygen atoms in total. The number of hydrogen-bond donors (Lipinski definition) is 5. The van der Waals surface area contributed by atoms with E-state index in [1.807, 2.05) is 0 Å². The fourth-order valence-corrected chi connectivity index (χ4v) is 0.341. The molecule has 1 atom stereocenters. The average molecular weight is 151 g/mol. The van der Waals surface area contributed by atoms with Crippen molar-refractivity contribution in [3.8, 4) is 0 Å². The zero-order valence-electron chi connectivity index (χ0n) is 4.66. The Bertz CT molecular complexity index is 99.1. The van der Waals surface area contributed by atoms with Gasteiger partial charge in [-0.15, -0.1) is 0 Å². The summed E-state index contributed by atoms with van der Waals surface area (Å²) in [4.78, 5) is 12.6. The molecule has 6 heteroatoms. The number of hydrogen-bond acceptors (Lipinski definition) is 5. The quantitative estimate of drug-likeness (QED) is 0.233. The van der Waals surface area contributed by atoms with Crippen molar-refractivity contribution in [1.29, 1.82) is 0 Å². The summed E-state index contributed by atoms with van der Waals surface area (Å²) in [5.41, 5.74) is 7.15. The first-order valence-electron chi connectivity index (χ1n) is 2.27. The first-order chi connectivity index (χ1) is 4.22. The molecule has 0 spiro atoms. The van der Waals surface area contributed by atoms with E-state index in [4.69, 9.17) is 10.8 Å². The Morgan fingerprint density at radius 1 is 1.89 bits per heavy atom. The summed E-state index contributed by atoms with van der Waals surface area (Å²) in [6.07, 6.45) is 0. The number of nitrogens with one attached hydrogen (secondary N) is 2. The van der Waals surface area contributed by atoms with Crippen LogP contribution in [-0.4, -0.2) is 23.7 Å². The number of hydrazine groups is 1. The molecule has 9 heavy (non-hydrogen) atoms. The highest BCUT2D eigenvalue weighted by Crippen LogP contribution is 1.72. The van der Waals surface area contributed by atoms with Crippen LogP contribution in [0.4, 0.5) is 0 Å². The minimum absolute atomic E-state index is 0.374. The zero-order valence-corrected chi connectivity index (χ0v) is 5.56. The van der Waals surface area contributed by atoms with Crippen LogP contribution >= 0.6 is 12.8 Å². The SMILES string of the molecule is NC(CO)C(=O)NNS. The summed E-state index contributed by atoms with van der Waals surface area (Å²) in [5.74, 6) is -0.493. The van der Waals surface area contributed by atoms with Crippen LogP contribution in [0.15, 0.2) is 0 Å². The Kier molecular flexibility index (Phi) is 4.41. The molecule has 0 rings (SSSR count). The lowest BCUT2D eigenvalue weighted by Crippen LogP contribution is -2.46. The number of thiol groups is 1. The van der Waals surface area contributed by atoms with Gasteiger partial charge in [0.1, 0.15) is 6.04 Å². The average Bonchev–Trinajstić information content (AvgIpc) is 1.87. The third-order valence-corrected chi connectivity index (χ3v) is 0.824. The maximum atomic E-state index is 10.5. The molecule has 0 fully saturated rings. The summed E-state index contributed by atoms with van der Waals surface area (Å²) in [7, 11) is 0. The molecule has 0 bridgehead atoms. The van der Waals surface area contributed by atoms with Crippen LogP contribution in [0.5, 0.6) is 0 Å². The van der Waals surface area contributed by atoms with Gasteiger partial charge in [0.2, 0.25) is 0 Å². The van der Waals surface area contributed by atoms with E-state index in [9.17, 15) is 4.79 Å². The van der Waals surface area contributed by atoms with Gasteiger partial charge < -0.3 is 10.8 Å². The Balaban J connectivity index is 3.46. The minimum Gasteiger partial charge on any atom is -0.394 e. The van der Waals surface area contributed by atoms with Gasteiger partial charge in [-0.1, -0.05) is 12.8 Å². The summed E-state index contributed by atoms with van der Waals surface area (Å²) in [6.45, 7) is -0.374. The number of aliphatic hydroxyl groups is 1. The fourth-order valence-electron chi connectivity index (χ4n) is 0.231. The standard InChI is InChI=1S/C3H9N3O2S/c4-2(1-7)3(8)5-6-9/h2,6-7,9H,1,4H2,(H,5,8). The second kappa shape index (κ2) is 4.57. The van der Waals surface area contributed by atoms with Crippen LogP contribution in [0.2, 0.25) is 0 Å². The van der Waals surface area contributed by atoms with E-state index >= 15 is 0 Å². The van der Waals surface area contributed by atoms with E-state index in [-0.39, 0.29) is 6.61 Å². The molecule has 0 aliphatic carbocycles. The summed E-state index contributed by atoms with van der Waals surface area (Å²) >= 11 is 3.47. The van der Waals surface area contributed by atoms with Gasteiger partial charge in [0, 0.05) is 0 Å². The van der Waals surface area contributed by atoms with Crippen molar-refractivity contribution in [3.63, 3.8) is 0 Å².